The van der Waals surface area contributed by atoms with Gasteiger partial charge in [-0.25, -0.2) is 9.78 Å². The van der Waals surface area contributed by atoms with E-state index in [4.69, 9.17) is 14.3 Å². The van der Waals surface area contributed by atoms with Gasteiger partial charge in [0.25, 0.3) is 0 Å². The number of oxazole rings is 1. The summed E-state index contributed by atoms with van der Waals surface area (Å²) in [5, 5.41) is 12.7. The topological polar surface area (TPSA) is 106 Å². The zero-order valence-electron chi connectivity index (χ0n) is 12.3. The maximum Gasteiger partial charge on any atom is 0.376 e. The first-order chi connectivity index (χ1) is 10.5. The van der Waals surface area contributed by atoms with Crippen LogP contribution in [0.25, 0.3) is 11.5 Å². The summed E-state index contributed by atoms with van der Waals surface area (Å²) in [6.07, 6.45) is 3.12. The van der Waals surface area contributed by atoms with E-state index in [-0.39, 0.29) is 31.2 Å². The van der Waals surface area contributed by atoms with Crippen LogP contribution >= 0.6 is 0 Å². The Morgan fingerprint density at radius 2 is 2.23 bits per heavy atom. The van der Waals surface area contributed by atoms with E-state index < -0.39 is 11.9 Å². The molecule has 8 heteroatoms. The van der Waals surface area contributed by atoms with Crippen molar-refractivity contribution in [3.8, 4) is 11.5 Å². The summed E-state index contributed by atoms with van der Waals surface area (Å²) in [4.78, 5) is 26.4. The highest BCUT2D eigenvalue weighted by atomic mass is 16.5. The fraction of sp³-hybridized carbons (Fsp3) is 0.357. The van der Waals surface area contributed by atoms with Gasteiger partial charge in [0.2, 0.25) is 11.7 Å². The molecule has 0 unspecified atom stereocenters. The van der Waals surface area contributed by atoms with Gasteiger partial charge in [-0.3, -0.25) is 4.79 Å². The van der Waals surface area contributed by atoms with Crippen LogP contribution in [0, 0.1) is 6.92 Å². The van der Waals surface area contributed by atoms with E-state index in [1.807, 2.05) is 0 Å². The van der Waals surface area contributed by atoms with Crippen molar-refractivity contribution in [1.82, 2.24) is 10.1 Å². The molecule has 2 aromatic rings. The zero-order valence-corrected chi connectivity index (χ0v) is 12.3. The Kier molecular flexibility index (Phi) is 4.82. The molecule has 1 N–H and O–H groups in total. The highest BCUT2D eigenvalue weighted by molar-refractivity contribution is 5.87. The molecule has 0 bridgehead atoms. The van der Waals surface area contributed by atoms with E-state index in [2.05, 4.69) is 10.1 Å². The number of carbonyl (C=O) groups excluding carboxylic acids is 1. The molecule has 0 spiro atoms. The van der Waals surface area contributed by atoms with Crippen molar-refractivity contribution >= 4 is 11.9 Å². The summed E-state index contributed by atoms with van der Waals surface area (Å²) in [5.74, 6) is -1.11. The van der Waals surface area contributed by atoms with Gasteiger partial charge in [-0.05, 0) is 18.9 Å². The van der Waals surface area contributed by atoms with E-state index in [1.165, 1.54) is 10.9 Å². The lowest BCUT2D eigenvalue weighted by atomic mass is 10.3. The Morgan fingerprint density at radius 3 is 2.82 bits per heavy atom. The van der Waals surface area contributed by atoms with Crippen LogP contribution in [0.4, 0.5) is 0 Å². The minimum Gasteiger partial charge on any atom is -0.481 e. The van der Waals surface area contributed by atoms with Crippen molar-refractivity contribution in [3.63, 3.8) is 0 Å². The highest BCUT2D eigenvalue weighted by Crippen LogP contribution is 2.20. The van der Waals surface area contributed by atoms with Crippen molar-refractivity contribution in [2.75, 3.05) is 6.61 Å². The lowest BCUT2D eigenvalue weighted by molar-refractivity contribution is -0.752. The number of hydrogen-bond donors (Lipinski definition) is 1. The molecular weight excluding hydrogens is 290 g/mol. The zero-order chi connectivity index (χ0) is 16.1. The third-order valence-electron chi connectivity index (χ3n) is 2.83. The minimum atomic E-state index is -0.888. The van der Waals surface area contributed by atoms with Gasteiger partial charge in [-0.15, -0.1) is 0 Å². The fourth-order valence-electron chi connectivity index (χ4n) is 1.76. The van der Waals surface area contributed by atoms with Crippen LogP contribution in [-0.4, -0.2) is 33.7 Å². The van der Waals surface area contributed by atoms with Crippen molar-refractivity contribution in [1.29, 1.82) is 0 Å². The summed E-state index contributed by atoms with van der Waals surface area (Å²) in [7, 11) is 0. The molecule has 0 atom stereocenters. The number of carbonyl (C=O) groups is 2. The quantitative estimate of drug-likeness (QED) is 0.626. The SMILES string of the molecule is CCOC(=O)c1oc(-c2cc[n+](CCC(=O)O)nc2)nc1C. The smallest absolute Gasteiger partial charge is 0.376 e. The van der Waals surface area contributed by atoms with Gasteiger partial charge in [0.05, 0.1) is 17.9 Å². The van der Waals surface area contributed by atoms with Gasteiger partial charge in [0.15, 0.2) is 12.7 Å². The van der Waals surface area contributed by atoms with Gasteiger partial charge >= 0.3 is 11.9 Å². The average molecular weight is 306 g/mol. The number of carboxylic acid groups (broad SMARTS) is 1. The predicted octanol–water partition coefficient (Wildman–Crippen LogP) is 0.984. The summed E-state index contributed by atoms with van der Waals surface area (Å²) in [6, 6.07) is 1.69. The number of aromatic nitrogens is 3. The molecule has 0 amide bonds. The van der Waals surface area contributed by atoms with Crippen molar-refractivity contribution in [2.45, 2.75) is 26.8 Å². The summed E-state index contributed by atoms with van der Waals surface area (Å²) in [5.41, 5.74) is 1.03. The first kappa shape index (κ1) is 15.6. The molecule has 0 aromatic carbocycles. The minimum absolute atomic E-state index is 0.0118. The molecule has 2 rings (SSSR count). The normalized spacial score (nSPS) is 10.5. The fourth-order valence-corrected chi connectivity index (χ4v) is 1.76. The van der Waals surface area contributed by atoms with Gasteiger partial charge < -0.3 is 14.3 Å². The number of aryl methyl sites for hydroxylation is 2. The number of nitrogens with zero attached hydrogens (tertiary/aromatic N) is 3. The number of aliphatic carboxylic acids is 1. The van der Waals surface area contributed by atoms with Crippen LogP contribution in [0.1, 0.15) is 29.6 Å². The second-order valence-electron chi connectivity index (χ2n) is 4.48. The number of hydrogen-bond acceptors (Lipinski definition) is 6. The van der Waals surface area contributed by atoms with E-state index >= 15 is 0 Å². The molecule has 2 heterocycles. The standard InChI is InChI=1S/C14H15N3O5/c1-3-21-14(20)12-9(2)16-13(22-12)10-4-6-17(15-8-10)7-5-11(18)19/h4,6,8H,3,5,7H2,1-2H3/p+1. The van der Waals surface area contributed by atoms with Crippen molar-refractivity contribution in [2.24, 2.45) is 0 Å². The van der Waals surface area contributed by atoms with Crippen LogP contribution < -0.4 is 4.68 Å². The Balaban J connectivity index is 2.16. The summed E-state index contributed by atoms with van der Waals surface area (Å²) < 4.78 is 11.8. The first-order valence-electron chi connectivity index (χ1n) is 6.73. The van der Waals surface area contributed by atoms with E-state index in [0.29, 0.717) is 11.3 Å². The maximum atomic E-state index is 11.7. The molecule has 0 fully saturated rings. The van der Waals surface area contributed by atoms with E-state index in [1.54, 1.807) is 26.1 Å². The van der Waals surface area contributed by atoms with Gasteiger partial charge in [0.1, 0.15) is 12.6 Å². The molecule has 0 aliphatic rings. The van der Waals surface area contributed by atoms with Crippen LogP contribution in [0.3, 0.4) is 0 Å². The number of rotatable bonds is 6. The molecule has 0 radical (unpaired) electrons. The van der Waals surface area contributed by atoms with Crippen LogP contribution in [0.5, 0.6) is 0 Å². The third-order valence-corrected chi connectivity index (χ3v) is 2.83. The second kappa shape index (κ2) is 6.79. The third kappa shape index (κ3) is 3.66. The van der Waals surface area contributed by atoms with E-state index in [9.17, 15) is 9.59 Å². The van der Waals surface area contributed by atoms with Crippen molar-refractivity contribution < 1.29 is 28.5 Å². The molecular formula is C14H16N3O5+. The monoisotopic (exact) mass is 306 g/mol. The predicted molar refractivity (Wildman–Crippen MR) is 72.9 cm³/mol. The van der Waals surface area contributed by atoms with Crippen LogP contribution in [0.2, 0.25) is 0 Å². The summed E-state index contributed by atoms with van der Waals surface area (Å²) >= 11 is 0. The maximum absolute atomic E-state index is 11.7. The van der Waals surface area contributed by atoms with E-state index in [0.717, 1.165) is 0 Å². The molecule has 0 saturated carbocycles. The number of esters is 1. The molecule has 0 saturated heterocycles. The Morgan fingerprint density at radius 1 is 1.45 bits per heavy atom. The van der Waals surface area contributed by atoms with Gasteiger partial charge in [0, 0.05) is 6.07 Å². The lowest BCUT2D eigenvalue weighted by Gasteiger charge is -1.97. The molecule has 8 nitrogen and oxygen atoms in total. The molecule has 116 valence electrons. The Bertz CT molecular complexity index is 678. The van der Waals surface area contributed by atoms with Crippen molar-refractivity contribution in [3.05, 3.63) is 29.9 Å². The Hall–Kier alpha value is -2.77. The molecule has 2 aromatic heterocycles. The van der Waals surface area contributed by atoms with Gasteiger partial charge in [-0.2, -0.15) is 0 Å². The lowest BCUT2D eigenvalue weighted by Crippen LogP contribution is -2.38. The van der Waals surface area contributed by atoms with Crippen LogP contribution in [-0.2, 0) is 16.1 Å². The molecule has 0 aliphatic carbocycles. The molecule has 22 heavy (non-hydrogen) atoms. The first-order valence-corrected chi connectivity index (χ1v) is 6.73. The Labute approximate surface area is 126 Å². The number of carboxylic acids is 1. The molecule has 0 aliphatic heterocycles. The largest absolute Gasteiger partial charge is 0.481 e. The van der Waals surface area contributed by atoms with Gasteiger partial charge in [-0.1, -0.05) is 4.68 Å². The van der Waals surface area contributed by atoms with Crippen LogP contribution in [0.15, 0.2) is 22.9 Å². The highest BCUT2D eigenvalue weighted by Gasteiger charge is 2.20. The number of ether oxygens (including phenoxy) is 1. The second-order valence-corrected chi connectivity index (χ2v) is 4.48. The average Bonchev–Trinajstić information content (AvgIpc) is 2.88. The summed E-state index contributed by atoms with van der Waals surface area (Å²) in [6.45, 7) is 3.89.